The molecule has 0 spiro atoms. The summed E-state index contributed by atoms with van der Waals surface area (Å²) in [5.41, 5.74) is 10.1. The molecule has 3 heterocycles. The van der Waals surface area contributed by atoms with Gasteiger partial charge in [-0.15, -0.1) is 0 Å². The van der Waals surface area contributed by atoms with E-state index in [9.17, 15) is 9.59 Å². The highest BCUT2D eigenvalue weighted by atomic mass is 16.5. The van der Waals surface area contributed by atoms with Crippen molar-refractivity contribution in [1.29, 1.82) is 0 Å². The summed E-state index contributed by atoms with van der Waals surface area (Å²) >= 11 is 0. The average molecular weight is 447 g/mol. The summed E-state index contributed by atoms with van der Waals surface area (Å²) in [7, 11) is 3.35. The molecular formula is C24H26N6O3. The van der Waals surface area contributed by atoms with E-state index in [1.54, 1.807) is 41.9 Å². The van der Waals surface area contributed by atoms with Crippen LogP contribution in [0.2, 0.25) is 0 Å². The largest absolute Gasteiger partial charge is 0.495 e. The number of methoxy groups -OCH3 is 1. The Bertz CT molecular complexity index is 1250. The molecule has 1 aliphatic carbocycles. The van der Waals surface area contributed by atoms with Crippen LogP contribution in [0.5, 0.6) is 5.75 Å². The SMILES string of the molecule is COc1ccccc1NC(=O)c1cc2c(nc1N)CCN(C(=O)c1cc(C3CC3)nn1C)C2. The summed E-state index contributed by atoms with van der Waals surface area (Å²) < 4.78 is 6.97. The van der Waals surface area contributed by atoms with Crippen molar-refractivity contribution in [3.8, 4) is 5.75 Å². The van der Waals surface area contributed by atoms with Crippen LogP contribution in [-0.4, -0.2) is 45.1 Å². The number of nitrogens with one attached hydrogen (secondary N) is 1. The number of carbonyl (C=O) groups excluding carboxylic acids is 2. The lowest BCUT2D eigenvalue weighted by molar-refractivity contribution is 0.0722. The number of carbonyl (C=O) groups is 2. The van der Waals surface area contributed by atoms with Crippen molar-refractivity contribution in [3.63, 3.8) is 0 Å². The third-order valence-electron chi connectivity index (χ3n) is 6.20. The van der Waals surface area contributed by atoms with E-state index in [0.29, 0.717) is 42.6 Å². The molecule has 3 aromatic rings. The van der Waals surface area contributed by atoms with E-state index in [1.807, 2.05) is 18.2 Å². The molecule has 0 bridgehead atoms. The maximum atomic E-state index is 13.2. The number of fused-ring (bicyclic) bond motifs is 1. The summed E-state index contributed by atoms with van der Waals surface area (Å²) in [4.78, 5) is 32.4. The molecule has 3 N–H and O–H groups in total. The highest BCUT2D eigenvalue weighted by Gasteiger charge is 2.31. The highest BCUT2D eigenvalue weighted by molar-refractivity contribution is 6.08. The van der Waals surface area contributed by atoms with Crippen LogP contribution in [-0.2, 0) is 20.0 Å². The van der Waals surface area contributed by atoms with Gasteiger partial charge in [-0.2, -0.15) is 5.10 Å². The summed E-state index contributed by atoms with van der Waals surface area (Å²) in [6, 6.07) is 10.8. The molecule has 0 radical (unpaired) electrons. The minimum absolute atomic E-state index is 0.0700. The van der Waals surface area contributed by atoms with Crippen molar-refractivity contribution in [1.82, 2.24) is 19.7 Å². The van der Waals surface area contributed by atoms with Crippen LogP contribution in [0.25, 0.3) is 0 Å². The molecule has 2 aromatic heterocycles. The van der Waals surface area contributed by atoms with E-state index in [-0.39, 0.29) is 23.2 Å². The second kappa shape index (κ2) is 8.23. The lowest BCUT2D eigenvalue weighted by Crippen LogP contribution is -2.37. The van der Waals surface area contributed by atoms with Crippen LogP contribution >= 0.6 is 0 Å². The normalized spacial score (nSPS) is 15.2. The van der Waals surface area contributed by atoms with E-state index in [1.165, 1.54) is 0 Å². The van der Waals surface area contributed by atoms with Crippen LogP contribution in [0.3, 0.4) is 0 Å². The zero-order valence-electron chi connectivity index (χ0n) is 18.7. The Kier molecular flexibility index (Phi) is 5.24. The average Bonchev–Trinajstić information content (AvgIpc) is 3.60. The van der Waals surface area contributed by atoms with Gasteiger partial charge in [0.2, 0.25) is 0 Å². The molecule has 1 saturated carbocycles. The van der Waals surface area contributed by atoms with Gasteiger partial charge in [0.25, 0.3) is 11.8 Å². The second-order valence-corrected chi connectivity index (χ2v) is 8.51. The Morgan fingerprint density at radius 1 is 1.21 bits per heavy atom. The van der Waals surface area contributed by atoms with Crippen molar-refractivity contribution < 1.29 is 14.3 Å². The molecule has 5 rings (SSSR count). The number of amides is 2. The molecule has 0 saturated heterocycles. The van der Waals surface area contributed by atoms with Crippen molar-refractivity contribution in [2.24, 2.45) is 7.05 Å². The quantitative estimate of drug-likeness (QED) is 0.623. The number of nitrogen functional groups attached to an aromatic ring is 1. The number of hydrogen-bond acceptors (Lipinski definition) is 6. The van der Waals surface area contributed by atoms with Crippen molar-refractivity contribution in [2.75, 3.05) is 24.7 Å². The van der Waals surface area contributed by atoms with Gasteiger partial charge in [0.05, 0.1) is 24.1 Å². The molecule has 1 aliphatic heterocycles. The van der Waals surface area contributed by atoms with Crippen molar-refractivity contribution >= 4 is 23.3 Å². The molecule has 33 heavy (non-hydrogen) atoms. The third kappa shape index (κ3) is 4.02. The predicted molar refractivity (Wildman–Crippen MR) is 123 cm³/mol. The number of rotatable bonds is 5. The van der Waals surface area contributed by atoms with Crippen LogP contribution in [0.15, 0.2) is 36.4 Å². The van der Waals surface area contributed by atoms with Crippen molar-refractivity contribution in [3.05, 3.63) is 64.6 Å². The lowest BCUT2D eigenvalue weighted by Gasteiger charge is -2.28. The van der Waals surface area contributed by atoms with Crippen LogP contribution in [0.4, 0.5) is 11.5 Å². The fourth-order valence-electron chi connectivity index (χ4n) is 4.21. The molecule has 9 nitrogen and oxygen atoms in total. The fraction of sp³-hybridized carbons (Fsp3) is 0.333. The molecule has 1 fully saturated rings. The number of anilines is 2. The number of pyridine rings is 1. The molecule has 2 amide bonds. The summed E-state index contributed by atoms with van der Waals surface area (Å²) in [6.45, 7) is 0.898. The molecule has 170 valence electrons. The topological polar surface area (TPSA) is 115 Å². The maximum absolute atomic E-state index is 13.2. The maximum Gasteiger partial charge on any atom is 0.272 e. The van der Waals surface area contributed by atoms with E-state index in [4.69, 9.17) is 10.5 Å². The summed E-state index contributed by atoms with van der Waals surface area (Å²) in [5, 5.41) is 7.35. The Hall–Kier alpha value is -3.88. The first-order chi connectivity index (χ1) is 15.9. The molecule has 1 aromatic carbocycles. The van der Waals surface area contributed by atoms with E-state index < -0.39 is 0 Å². The first-order valence-electron chi connectivity index (χ1n) is 11.0. The van der Waals surface area contributed by atoms with Crippen LogP contribution in [0, 0.1) is 0 Å². The number of para-hydroxylation sites is 2. The first-order valence-corrected chi connectivity index (χ1v) is 11.0. The number of benzene rings is 1. The molecule has 2 aliphatic rings. The van der Waals surface area contributed by atoms with Gasteiger partial charge >= 0.3 is 0 Å². The molecular weight excluding hydrogens is 420 g/mol. The van der Waals surface area contributed by atoms with E-state index in [0.717, 1.165) is 29.8 Å². The predicted octanol–water partition coefficient (Wildman–Crippen LogP) is 2.73. The van der Waals surface area contributed by atoms with Gasteiger partial charge in [-0.25, -0.2) is 4.98 Å². The van der Waals surface area contributed by atoms with Gasteiger partial charge in [-0.3, -0.25) is 14.3 Å². The number of aromatic nitrogens is 3. The van der Waals surface area contributed by atoms with Gasteiger partial charge < -0.3 is 20.7 Å². The third-order valence-corrected chi connectivity index (χ3v) is 6.20. The zero-order chi connectivity index (χ0) is 23.1. The fourth-order valence-corrected chi connectivity index (χ4v) is 4.21. The van der Waals surface area contributed by atoms with Gasteiger partial charge in [-0.1, -0.05) is 12.1 Å². The minimum Gasteiger partial charge on any atom is -0.495 e. The molecule has 0 atom stereocenters. The van der Waals surface area contributed by atoms with Crippen LogP contribution < -0.4 is 15.8 Å². The monoisotopic (exact) mass is 446 g/mol. The Labute approximate surface area is 191 Å². The van der Waals surface area contributed by atoms with Crippen molar-refractivity contribution in [2.45, 2.75) is 31.7 Å². The molecule has 9 heteroatoms. The Morgan fingerprint density at radius 3 is 2.76 bits per heavy atom. The highest BCUT2D eigenvalue weighted by Crippen LogP contribution is 2.39. The second-order valence-electron chi connectivity index (χ2n) is 8.51. The van der Waals surface area contributed by atoms with Crippen LogP contribution in [0.1, 0.15) is 56.6 Å². The number of nitrogens with two attached hydrogens (primary N) is 1. The minimum atomic E-state index is -0.378. The number of nitrogens with zero attached hydrogens (tertiary/aromatic N) is 4. The van der Waals surface area contributed by atoms with Gasteiger partial charge in [0.15, 0.2) is 0 Å². The van der Waals surface area contributed by atoms with E-state index >= 15 is 0 Å². The van der Waals surface area contributed by atoms with Gasteiger partial charge in [0.1, 0.15) is 17.3 Å². The molecule has 0 unspecified atom stereocenters. The number of hydrogen-bond donors (Lipinski definition) is 2. The Morgan fingerprint density at radius 2 is 2.00 bits per heavy atom. The van der Waals surface area contributed by atoms with E-state index in [2.05, 4.69) is 15.4 Å². The first kappa shape index (κ1) is 21.0. The number of ether oxygens (including phenoxy) is 1. The summed E-state index contributed by atoms with van der Waals surface area (Å²) in [6.07, 6.45) is 2.84. The standard InChI is InChI=1S/C24H26N6O3/c1-29-20(12-19(28-29)14-7-8-14)24(32)30-10-9-17-15(13-30)11-16(22(25)26-17)23(31)27-18-5-3-4-6-21(18)33-2/h3-6,11-12,14H,7-10,13H2,1-2H3,(H2,25,26)(H,27,31). The van der Waals surface area contributed by atoms with Gasteiger partial charge in [-0.05, 0) is 42.7 Å². The smallest absolute Gasteiger partial charge is 0.272 e. The lowest BCUT2D eigenvalue weighted by atomic mass is 10.0. The summed E-state index contributed by atoms with van der Waals surface area (Å²) in [5.74, 6) is 0.752. The number of aryl methyl sites for hydroxylation is 1. The Balaban J connectivity index is 1.37. The van der Waals surface area contributed by atoms with Gasteiger partial charge in [0, 0.05) is 38.2 Å². The zero-order valence-corrected chi connectivity index (χ0v) is 18.7.